The number of hydrogen-bond donors (Lipinski definition) is 3. The Balaban J connectivity index is 5.38. The molecule has 550 valence electrons. The summed E-state index contributed by atoms with van der Waals surface area (Å²) in [6.07, 6.45) is 73.7. The molecule has 0 amide bonds. The van der Waals surface area contributed by atoms with Crippen LogP contribution < -0.4 is 0 Å². The van der Waals surface area contributed by atoms with Gasteiger partial charge in [0.15, 0.2) is 12.2 Å². The monoisotopic (exact) mass is 1390 g/mol. The Morgan fingerprint density at radius 2 is 0.542 bits per heavy atom. The second-order valence-corrected chi connectivity index (χ2v) is 27.0. The maximum Gasteiger partial charge on any atom is 0.472 e. The van der Waals surface area contributed by atoms with Crippen LogP contribution in [0, 0.1) is 0 Å². The highest BCUT2D eigenvalue weighted by atomic mass is 31.2. The number of hydrogen-bond acceptors (Lipinski definition) is 15. The molecule has 0 fully saturated rings. The van der Waals surface area contributed by atoms with Crippen molar-refractivity contribution in [2.45, 2.75) is 303 Å². The van der Waals surface area contributed by atoms with Crippen LogP contribution >= 0.6 is 15.6 Å². The van der Waals surface area contributed by atoms with Gasteiger partial charge in [-0.3, -0.25) is 37.3 Å². The molecule has 0 aromatic heterocycles. The molecule has 0 saturated carbocycles. The van der Waals surface area contributed by atoms with E-state index < -0.39 is 97.5 Å². The van der Waals surface area contributed by atoms with Crippen LogP contribution in [0.15, 0.2) is 122 Å². The molecule has 0 aliphatic rings. The standard InChI is InChI=1S/C77H130O17P2/c1-5-9-13-17-21-25-29-31-33-35-37-39-43-45-49-53-57-61-74(79)87-67-72(93-76(81)63-59-55-51-47-41-27-23-19-15-11-7-3)69-91-95(83,84)89-65-71(78)66-90-96(85,86)92-70-73(94-77(82)64-60-56-52-48-42-28-24-20-16-12-8-4)68-88-75(80)62-58-54-50-46-44-40-38-36-34-32-30-26-22-18-14-10-6-2/h9-10,13-14,21-22,25-26,31-34,37-40,45-46,49-50,71-73,78H,5-8,11-12,15-20,23-24,27-30,35-36,41-44,47-48,51-70H2,1-4H3,(H,83,84)(H,85,86)/b13-9-,14-10-,25-21-,26-22-,33-31-,34-32-,39-37-,40-38-,49-45-,50-46-. The third-order valence-electron chi connectivity index (χ3n) is 15.0. The molecule has 96 heavy (non-hydrogen) atoms. The molecule has 0 aromatic carbocycles. The van der Waals surface area contributed by atoms with Crippen molar-refractivity contribution < 1.29 is 80.2 Å². The van der Waals surface area contributed by atoms with Crippen LogP contribution in [0.4, 0.5) is 0 Å². The van der Waals surface area contributed by atoms with Gasteiger partial charge in [-0.05, 0) is 103 Å². The molecule has 0 aliphatic carbocycles. The van der Waals surface area contributed by atoms with Crippen LogP contribution in [0.25, 0.3) is 0 Å². The van der Waals surface area contributed by atoms with Crippen molar-refractivity contribution in [2.24, 2.45) is 0 Å². The predicted molar refractivity (Wildman–Crippen MR) is 390 cm³/mol. The molecule has 0 aliphatic heterocycles. The molecule has 0 rings (SSSR count). The van der Waals surface area contributed by atoms with Crippen LogP contribution in [0.5, 0.6) is 0 Å². The van der Waals surface area contributed by atoms with Crippen molar-refractivity contribution in [3.8, 4) is 0 Å². The summed E-state index contributed by atoms with van der Waals surface area (Å²) in [5.74, 6) is -2.31. The minimum absolute atomic E-state index is 0.0822. The molecule has 19 heteroatoms. The summed E-state index contributed by atoms with van der Waals surface area (Å²) >= 11 is 0. The number of allylic oxidation sites excluding steroid dienone is 20. The van der Waals surface area contributed by atoms with Crippen LogP contribution in [-0.2, 0) is 65.4 Å². The molecule has 0 radical (unpaired) electrons. The first-order valence-corrected chi connectivity index (χ1v) is 39.8. The first-order valence-electron chi connectivity index (χ1n) is 36.8. The Labute approximate surface area is 581 Å². The topological polar surface area (TPSA) is 237 Å². The summed E-state index contributed by atoms with van der Waals surface area (Å²) in [4.78, 5) is 72.6. The molecule has 17 nitrogen and oxygen atoms in total. The van der Waals surface area contributed by atoms with E-state index in [0.717, 1.165) is 116 Å². The average Bonchev–Trinajstić information content (AvgIpc) is 1.21. The highest BCUT2D eigenvalue weighted by Crippen LogP contribution is 2.45. The van der Waals surface area contributed by atoms with E-state index in [1.54, 1.807) is 0 Å². The van der Waals surface area contributed by atoms with E-state index >= 15 is 0 Å². The predicted octanol–water partition coefficient (Wildman–Crippen LogP) is 20.8. The summed E-state index contributed by atoms with van der Waals surface area (Å²) in [5, 5.41) is 10.6. The third kappa shape index (κ3) is 68.0. The van der Waals surface area contributed by atoms with Crippen molar-refractivity contribution in [1.29, 1.82) is 0 Å². The number of aliphatic hydroxyl groups excluding tert-OH is 1. The number of phosphoric ester groups is 2. The highest BCUT2D eigenvalue weighted by molar-refractivity contribution is 7.47. The van der Waals surface area contributed by atoms with E-state index in [1.165, 1.54) is 77.0 Å². The first kappa shape index (κ1) is 91.5. The molecule has 4 atom stereocenters. The minimum Gasteiger partial charge on any atom is -0.462 e. The van der Waals surface area contributed by atoms with E-state index in [0.29, 0.717) is 38.5 Å². The summed E-state index contributed by atoms with van der Waals surface area (Å²) in [6, 6.07) is 0. The number of rotatable bonds is 68. The number of unbranched alkanes of at least 4 members (excludes halogenated alkanes) is 22. The molecule has 3 N–H and O–H groups in total. The van der Waals surface area contributed by atoms with E-state index in [-0.39, 0.29) is 25.7 Å². The first-order chi connectivity index (χ1) is 46.7. The van der Waals surface area contributed by atoms with Gasteiger partial charge in [0, 0.05) is 25.7 Å². The fourth-order valence-electron chi connectivity index (χ4n) is 9.41. The van der Waals surface area contributed by atoms with Gasteiger partial charge in [-0.25, -0.2) is 9.13 Å². The second kappa shape index (κ2) is 69.0. The Morgan fingerprint density at radius 1 is 0.302 bits per heavy atom. The number of aliphatic hydroxyl groups is 1. The molecular formula is C77H130O17P2. The van der Waals surface area contributed by atoms with Crippen molar-refractivity contribution in [1.82, 2.24) is 0 Å². The van der Waals surface area contributed by atoms with Crippen molar-refractivity contribution in [3.63, 3.8) is 0 Å². The van der Waals surface area contributed by atoms with Gasteiger partial charge >= 0.3 is 39.5 Å². The van der Waals surface area contributed by atoms with Crippen molar-refractivity contribution in [2.75, 3.05) is 39.6 Å². The lowest BCUT2D eigenvalue weighted by molar-refractivity contribution is -0.161. The van der Waals surface area contributed by atoms with Crippen LogP contribution in [-0.4, -0.2) is 96.7 Å². The molecule has 4 unspecified atom stereocenters. The zero-order chi connectivity index (χ0) is 70.4. The second-order valence-electron chi connectivity index (χ2n) is 24.1. The fraction of sp³-hybridized carbons (Fsp3) is 0.688. The van der Waals surface area contributed by atoms with Crippen LogP contribution in [0.2, 0.25) is 0 Å². The zero-order valence-electron chi connectivity index (χ0n) is 59.8. The Hall–Kier alpha value is -4.54. The minimum atomic E-state index is -4.98. The lowest BCUT2D eigenvalue weighted by Crippen LogP contribution is -2.30. The van der Waals surface area contributed by atoms with E-state index in [4.69, 9.17) is 37.0 Å². The van der Waals surface area contributed by atoms with E-state index in [2.05, 4.69) is 125 Å². The molecule has 0 bridgehead atoms. The lowest BCUT2D eigenvalue weighted by atomic mass is 10.1. The quantitative estimate of drug-likeness (QED) is 0.0169. The molecule has 0 aromatic rings. The Kier molecular flexibility index (Phi) is 65.7. The highest BCUT2D eigenvalue weighted by Gasteiger charge is 2.30. The van der Waals surface area contributed by atoms with Gasteiger partial charge < -0.3 is 33.8 Å². The SMILES string of the molecule is CC/C=C\C/C=C\C/C=C\C/C=C\C/C=C\CCCC(=O)OCC(COP(=O)(O)OCC(O)COP(=O)(O)OCC(COC(=O)CCC/C=C\C/C=C\C/C=C\C/C=C\C/C=C\CC)OC(=O)CCCCCCCCCCCCC)OC(=O)CCCCCCCCCCCCC. The zero-order valence-corrected chi connectivity index (χ0v) is 61.5. The maximum absolute atomic E-state index is 13.0. The van der Waals surface area contributed by atoms with Crippen molar-refractivity contribution in [3.05, 3.63) is 122 Å². The summed E-state index contributed by atoms with van der Waals surface area (Å²) < 4.78 is 68.2. The summed E-state index contributed by atoms with van der Waals surface area (Å²) in [5.41, 5.74) is 0. The van der Waals surface area contributed by atoms with Gasteiger partial charge in [0.25, 0.3) is 0 Å². The normalized spacial score (nSPS) is 14.7. The van der Waals surface area contributed by atoms with Crippen molar-refractivity contribution >= 4 is 39.5 Å². The number of carbonyl (C=O) groups is 4. The number of ether oxygens (including phenoxy) is 4. The molecule has 0 saturated heterocycles. The van der Waals surface area contributed by atoms with Gasteiger partial charge in [0.2, 0.25) is 0 Å². The van der Waals surface area contributed by atoms with Crippen LogP contribution in [0.1, 0.15) is 285 Å². The summed E-state index contributed by atoms with van der Waals surface area (Å²) in [6.45, 7) is 4.49. The molecule has 0 heterocycles. The van der Waals surface area contributed by atoms with Gasteiger partial charge in [-0.1, -0.05) is 278 Å². The third-order valence-corrected chi connectivity index (χ3v) is 16.9. The van der Waals surface area contributed by atoms with E-state index in [1.807, 2.05) is 24.3 Å². The maximum atomic E-state index is 13.0. The Morgan fingerprint density at radius 3 is 0.823 bits per heavy atom. The number of phosphoric acid groups is 2. The van der Waals surface area contributed by atoms with E-state index in [9.17, 15) is 43.2 Å². The summed E-state index contributed by atoms with van der Waals surface area (Å²) in [7, 11) is -9.97. The average molecular weight is 1390 g/mol. The smallest absolute Gasteiger partial charge is 0.462 e. The van der Waals surface area contributed by atoms with Crippen LogP contribution in [0.3, 0.4) is 0 Å². The largest absolute Gasteiger partial charge is 0.472 e. The van der Waals surface area contributed by atoms with Gasteiger partial charge in [-0.15, -0.1) is 0 Å². The number of carbonyl (C=O) groups excluding carboxylic acids is 4. The fourth-order valence-corrected chi connectivity index (χ4v) is 11.0. The molecule has 0 spiro atoms. The Bertz CT molecular complexity index is 2140. The van der Waals surface area contributed by atoms with Gasteiger partial charge in [0.1, 0.15) is 19.3 Å². The molecular weight excluding hydrogens is 1260 g/mol. The van der Waals surface area contributed by atoms with Gasteiger partial charge in [0.05, 0.1) is 26.4 Å². The lowest BCUT2D eigenvalue weighted by Gasteiger charge is -2.21. The van der Waals surface area contributed by atoms with Gasteiger partial charge in [-0.2, -0.15) is 0 Å². The number of esters is 4.